The summed E-state index contributed by atoms with van der Waals surface area (Å²) in [6.07, 6.45) is 7.00. The Balaban J connectivity index is 2.38. The van der Waals surface area contributed by atoms with Gasteiger partial charge in [0.15, 0.2) is 0 Å². The molecule has 118 valence electrons. The third kappa shape index (κ3) is 6.71. The lowest BCUT2D eigenvalue weighted by molar-refractivity contribution is -0.143. The topological polar surface area (TPSA) is 41.6 Å². The highest BCUT2D eigenvalue weighted by Crippen LogP contribution is 2.20. The summed E-state index contributed by atoms with van der Waals surface area (Å²) in [5.41, 5.74) is 0. The van der Waals surface area contributed by atoms with E-state index in [0.717, 1.165) is 19.5 Å². The summed E-state index contributed by atoms with van der Waals surface area (Å²) in [5, 5.41) is 3.40. The molecule has 1 fully saturated rings. The zero-order chi connectivity index (χ0) is 15.0. The van der Waals surface area contributed by atoms with Crippen LogP contribution in [0, 0.1) is 0 Å². The van der Waals surface area contributed by atoms with Crippen molar-refractivity contribution in [3.8, 4) is 0 Å². The predicted molar refractivity (Wildman–Crippen MR) is 82.8 cm³/mol. The van der Waals surface area contributed by atoms with E-state index in [1.165, 1.54) is 39.2 Å². The summed E-state index contributed by atoms with van der Waals surface area (Å²) in [6.45, 7) is 8.77. The molecule has 20 heavy (non-hydrogen) atoms. The number of carbonyl (C=O) groups excluding carboxylic acids is 1. The van der Waals surface area contributed by atoms with E-state index in [2.05, 4.69) is 31.0 Å². The average molecular weight is 284 g/mol. The van der Waals surface area contributed by atoms with Crippen molar-refractivity contribution in [2.75, 3.05) is 20.2 Å². The Labute approximate surface area is 124 Å². The van der Waals surface area contributed by atoms with E-state index in [9.17, 15) is 4.79 Å². The van der Waals surface area contributed by atoms with Crippen LogP contribution in [0.3, 0.4) is 0 Å². The third-order valence-corrected chi connectivity index (χ3v) is 3.98. The molecule has 0 spiro atoms. The Morgan fingerprint density at radius 1 is 1.30 bits per heavy atom. The number of hydrogen-bond acceptors (Lipinski definition) is 4. The second-order valence-corrected chi connectivity index (χ2v) is 6.14. The lowest BCUT2D eigenvalue weighted by Crippen LogP contribution is -2.43. The zero-order valence-electron chi connectivity index (χ0n) is 13.7. The van der Waals surface area contributed by atoms with E-state index < -0.39 is 0 Å². The van der Waals surface area contributed by atoms with Gasteiger partial charge in [-0.2, -0.15) is 0 Å². The molecule has 1 aliphatic carbocycles. The van der Waals surface area contributed by atoms with Gasteiger partial charge in [-0.3, -0.25) is 4.79 Å². The Hall–Kier alpha value is -0.610. The highest BCUT2D eigenvalue weighted by molar-refractivity contribution is 5.75. The molecule has 1 N–H and O–H groups in total. The van der Waals surface area contributed by atoms with E-state index in [0.29, 0.717) is 12.1 Å². The molecule has 1 saturated carbocycles. The number of esters is 1. The quantitative estimate of drug-likeness (QED) is 0.468. The van der Waals surface area contributed by atoms with Gasteiger partial charge in [-0.05, 0) is 46.1 Å². The van der Waals surface area contributed by atoms with Crippen molar-refractivity contribution in [1.82, 2.24) is 10.2 Å². The van der Waals surface area contributed by atoms with Crippen molar-refractivity contribution in [3.05, 3.63) is 0 Å². The highest BCUT2D eigenvalue weighted by atomic mass is 16.5. The first-order valence-electron chi connectivity index (χ1n) is 8.16. The van der Waals surface area contributed by atoms with Gasteiger partial charge in [0.05, 0.1) is 7.11 Å². The van der Waals surface area contributed by atoms with Gasteiger partial charge in [0, 0.05) is 18.6 Å². The smallest absolute Gasteiger partial charge is 0.322 e. The van der Waals surface area contributed by atoms with Crippen LogP contribution in [0.5, 0.6) is 0 Å². The van der Waals surface area contributed by atoms with Gasteiger partial charge in [0.25, 0.3) is 0 Å². The highest BCUT2D eigenvalue weighted by Gasteiger charge is 2.29. The molecule has 0 aromatic carbocycles. The first kappa shape index (κ1) is 17.4. The number of nitrogens with one attached hydrogen (secondary N) is 1. The van der Waals surface area contributed by atoms with E-state index in [4.69, 9.17) is 4.74 Å². The lowest BCUT2D eigenvalue weighted by Gasteiger charge is -2.28. The summed E-state index contributed by atoms with van der Waals surface area (Å²) in [5.74, 6) is -0.117. The van der Waals surface area contributed by atoms with Crippen molar-refractivity contribution in [3.63, 3.8) is 0 Å². The van der Waals surface area contributed by atoms with Gasteiger partial charge in [0.2, 0.25) is 0 Å². The predicted octanol–water partition coefficient (Wildman–Crippen LogP) is 2.57. The van der Waals surface area contributed by atoms with Crippen molar-refractivity contribution >= 4 is 5.97 Å². The standard InChI is InChI=1S/C16H32N2O2/c1-5-6-7-11-18(13(2)3)12-10-15(16(19)20-4)17-14-8-9-14/h13-15,17H,5-12H2,1-4H3. The number of rotatable bonds is 11. The minimum atomic E-state index is -0.139. The molecule has 0 aromatic rings. The van der Waals surface area contributed by atoms with Gasteiger partial charge < -0.3 is 15.0 Å². The van der Waals surface area contributed by atoms with Crippen LogP contribution in [0.4, 0.5) is 0 Å². The first-order valence-corrected chi connectivity index (χ1v) is 8.16. The molecule has 0 heterocycles. The summed E-state index contributed by atoms with van der Waals surface area (Å²) in [6, 6.07) is 0.928. The van der Waals surface area contributed by atoms with Crippen LogP contribution in [0.2, 0.25) is 0 Å². The van der Waals surface area contributed by atoms with E-state index in [1.807, 2.05) is 0 Å². The van der Waals surface area contributed by atoms with Crippen LogP contribution >= 0.6 is 0 Å². The molecular weight excluding hydrogens is 252 g/mol. The normalized spacial score (nSPS) is 16.7. The molecule has 0 radical (unpaired) electrons. The van der Waals surface area contributed by atoms with Crippen molar-refractivity contribution in [1.29, 1.82) is 0 Å². The third-order valence-electron chi connectivity index (χ3n) is 3.98. The zero-order valence-corrected chi connectivity index (χ0v) is 13.7. The maximum Gasteiger partial charge on any atom is 0.322 e. The van der Waals surface area contributed by atoms with Crippen molar-refractivity contribution < 1.29 is 9.53 Å². The summed E-state index contributed by atoms with van der Waals surface area (Å²) >= 11 is 0. The molecule has 1 aliphatic rings. The maximum absolute atomic E-state index is 11.8. The largest absolute Gasteiger partial charge is 0.468 e. The average Bonchev–Trinajstić information content (AvgIpc) is 3.23. The van der Waals surface area contributed by atoms with E-state index >= 15 is 0 Å². The second-order valence-electron chi connectivity index (χ2n) is 6.14. The molecule has 0 aromatic heterocycles. The van der Waals surface area contributed by atoms with Gasteiger partial charge >= 0.3 is 5.97 Å². The van der Waals surface area contributed by atoms with Gasteiger partial charge in [0.1, 0.15) is 6.04 Å². The second kappa shape index (κ2) is 9.35. The molecule has 0 aliphatic heterocycles. The van der Waals surface area contributed by atoms with Crippen LogP contribution in [0.1, 0.15) is 59.3 Å². The van der Waals surface area contributed by atoms with E-state index in [-0.39, 0.29) is 12.0 Å². The van der Waals surface area contributed by atoms with E-state index in [1.54, 1.807) is 0 Å². The fourth-order valence-electron chi connectivity index (χ4n) is 2.43. The Kier molecular flexibility index (Phi) is 8.15. The van der Waals surface area contributed by atoms with Crippen molar-refractivity contribution in [2.45, 2.75) is 77.4 Å². The summed E-state index contributed by atoms with van der Waals surface area (Å²) in [4.78, 5) is 14.3. The number of hydrogen-bond donors (Lipinski definition) is 1. The first-order chi connectivity index (χ1) is 9.58. The monoisotopic (exact) mass is 284 g/mol. The molecule has 1 atom stereocenters. The fourth-order valence-corrected chi connectivity index (χ4v) is 2.43. The Morgan fingerprint density at radius 3 is 2.50 bits per heavy atom. The van der Waals surface area contributed by atoms with Crippen LogP contribution < -0.4 is 5.32 Å². The van der Waals surface area contributed by atoms with Crippen molar-refractivity contribution in [2.24, 2.45) is 0 Å². The molecule has 4 heteroatoms. The maximum atomic E-state index is 11.8. The molecule has 0 bridgehead atoms. The number of methoxy groups -OCH3 is 1. The SMILES string of the molecule is CCCCCN(CCC(NC1CC1)C(=O)OC)C(C)C. The van der Waals surface area contributed by atoms with Crippen LogP contribution in [-0.4, -0.2) is 49.2 Å². The van der Waals surface area contributed by atoms with Crippen LogP contribution in [0.15, 0.2) is 0 Å². The molecule has 0 amide bonds. The minimum absolute atomic E-state index is 0.117. The number of ether oxygens (including phenoxy) is 1. The van der Waals surface area contributed by atoms with Gasteiger partial charge in [-0.15, -0.1) is 0 Å². The number of unbranched alkanes of at least 4 members (excludes halogenated alkanes) is 2. The van der Waals surface area contributed by atoms with Crippen LogP contribution in [-0.2, 0) is 9.53 Å². The molecule has 0 saturated heterocycles. The number of carbonyl (C=O) groups is 1. The molecule has 4 nitrogen and oxygen atoms in total. The summed E-state index contributed by atoms with van der Waals surface area (Å²) in [7, 11) is 1.48. The van der Waals surface area contributed by atoms with Gasteiger partial charge in [-0.1, -0.05) is 19.8 Å². The Morgan fingerprint density at radius 2 is 2.00 bits per heavy atom. The lowest BCUT2D eigenvalue weighted by atomic mass is 10.1. The molecule has 1 rings (SSSR count). The van der Waals surface area contributed by atoms with Gasteiger partial charge in [-0.25, -0.2) is 0 Å². The fraction of sp³-hybridized carbons (Fsp3) is 0.938. The molecular formula is C16H32N2O2. The molecule has 1 unspecified atom stereocenters. The Bertz CT molecular complexity index is 278. The minimum Gasteiger partial charge on any atom is -0.468 e. The van der Waals surface area contributed by atoms with Crippen LogP contribution in [0.25, 0.3) is 0 Å². The number of nitrogens with zero attached hydrogens (tertiary/aromatic N) is 1. The summed E-state index contributed by atoms with van der Waals surface area (Å²) < 4.78 is 4.91.